The van der Waals surface area contributed by atoms with Crippen molar-refractivity contribution < 1.29 is 0 Å². The third kappa shape index (κ3) is 8.31. The molecule has 0 aliphatic rings. The predicted octanol–water partition coefficient (Wildman–Crippen LogP) is 23.5. The van der Waals surface area contributed by atoms with Gasteiger partial charge >= 0.3 is 0 Å². The number of nitrogens with zero attached hydrogens (tertiary/aromatic N) is 4. The number of fused-ring (bicyclic) bond motifs is 12. The zero-order valence-corrected chi connectivity index (χ0v) is 51.7. The molecule has 4 heterocycles. The van der Waals surface area contributed by atoms with Crippen LogP contribution in [0.1, 0.15) is 105 Å². The lowest BCUT2D eigenvalue weighted by molar-refractivity contribution is 0.590. The molecule has 0 aliphatic carbocycles. The molecule has 11 aromatic carbocycles. The van der Waals surface area contributed by atoms with Gasteiger partial charge in [-0.3, -0.25) is 0 Å². The van der Waals surface area contributed by atoms with Crippen molar-refractivity contribution in [2.24, 2.45) is 0 Å². The second kappa shape index (κ2) is 19.1. The molecule has 0 bridgehead atoms. The molecule has 0 aliphatic heterocycles. The maximum atomic E-state index is 2.58. The first-order valence-electron chi connectivity index (χ1n) is 30.8. The number of hydrogen-bond donors (Lipinski definition) is 0. The SMILES string of the molecule is CC(C)(C)c1cccc(N(c2ccc(C(C)(C)C)cc2-c2ccccc2)c2ccc3c4cc5c(cc4n4c6ccccc6c2c34)c2ccc(N(c3cccc(C(C)(C)C)c3)c3ccc(C(C)(C)C)cc3-c3ccccc3)c3c4ccccc4n5c23)c1. The Labute approximate surface area is 505 Å². The molecule has 0 radical (unpaired) electrons. The molecule has 0 amide bonds. The van der Waals surface area contributed by atoms with Gasteiger partial charge in [0.1, 0.15) is 0 Å². The Kier molecular flexibility index (Phi) is 11.8. The van der Waals surface area contributed by atoms with E-state index in [2.05, 4.69) is 332 Å². The van der Waals surface area contributed by atoms with Crippen LogP contribution in [0, 0.1) is 0 Å². The molecule has 4 heteroatoms. The van der Waals surface area contributed by atoms with Crippen molar-refractivity contribution in [3.05, 3.63) is 253 Å². The van der Waals surface area contributed by atoms with Crippen LogP contribution in [0.2, 0.25) is 0 Å². The summed E-state index contributed by atoms with van der Waals surface area (Å²) in [5.74, 6) is 0. The van der Waals surface area contributed by atoms with Crippen molar-refractivity contribution >= 4 is 110 Å². The maximum Gasteiger partial charge on any atom is 0.0641 e. The van der Waals surface area contributed by atoms with E-state index in [-0.39, 0.29) is 21.7 Å². The molecule has 15 rings (SSSR count). The molecule has 0 fully saturated rings. The molecule has 0 unspecified atom stereocenters. The maximum absolute atomic E-state index is 2.58. The van der Waals surface area contributed by atoms with E-state index in [9.17, 15) is 0 Å². The lowest BCUT2D eigenvalue weighted by Gasteiger charge is -2.31. The molecule has 0 saturated heterocycles. The van der Waals surface area contributed by atoms with Crippen molar-refractivity contribution in [2.75, 3.05) is 9.80 Å². The number of rotatable bonds is 8. The highest BCUT2D eigenvalue weighted by molar-refractivity contribution is 6.32. The molecule has 15 aromatic rings. The highest BCUT2D eigenvalue weighted by atomic mass is 15.2. The van der Waals surface area contributed by atoms with Gasteiger partial charge in [0.25, 0.3) is 0 Å². The van der Waals surface area contributed by atoms with Gasteiger partial charge in [0.15, 0.2) is 0 Å². The smallest absolute Gasteiger partial charge is 0.0641 e. The largest absolute Gasteiger partial charge is 0.309 e. The van der Waals surface area contributed by atoms with Gasteiger partial charge in [-0.2, -0.15) is 0 Å². The molecular formula is C82H74N4. The van der Waals surface area contributed by atoms with Crippen molar-refractivity contribution in [1.82, 2.24) is 8.80 Å². The van der Waals surface area contributed by atoms with Crippen molar-refractivity contribution in [3.8, 4) is 22.3 Å². The average Bonchev–Trinajstić information content (AvgIpc) is 1.52. The zero-order valence-electron chi connectivity index (χ0n) is 51.7. The Balaban J connectivity index is 1.01. The van der Waals surface area contributed by atoms with Gasteiger partial charge in [-0.25, -0.2) is 0 Å². The monoisotopic (exact) mass is 1110 g/mol. The van der Waals surface area contributed by atoms with Crippen LogP contribution in [-0.4, -0.2) is 8.80 Å². The van der Waals surface area contributed by atoms with Gasteiger partial charge in [0.05, 0.1) is 55.8 Å². The quantitative estimate of drug-likeness (QED) is 0.151. The van der Waals surface area contributed by atoms with E-state index >= 15 is 0 Å². The van der Waals surface area contributed by atoms with Crippen LogP contribution < -0.4 is 9.80 Å². The highest BCUT2D eigenvalue weighted by Crippen LogP contribution is 2.54. The molecule has 0 N–H and O–H groups in total. The normalized spacial score (nSPS) is 12.9. The van der Waals surface area contributed by atoms with E-state index in [4.69, 9.17) is 0 Å². The standard InChI is InChI=1S/C82H74N4/c1-79(2,3)53-29-23-31-57(45-53)83(69-41-37-55(81(7,8)9)47-63(69)51-25-15-13-16-26-51)71-43-39-59-65-49-74-66(50-73(65)85-67-35-21-19-33-61(67)75(71)77(59)85)60-40-44-72(76-62-34-20-22-36-68(62)86(74)78(60)76)84(58-32-24-30-54(46-58)80(4,5)6)70-42-38-56(82(10,11)12)48-64(70)52-27-17-14-18-28-52/h13-50H,1-12H3. The molecular weight excluding hydrogens is 1040 g/mol. The van der Waals surface area contributed by atoms with Crippen molar-refractivity contribution in [2.45, 2.75) is 105 Å². The van der Waals surface area contributed by atoms with Crippen LogP contribution in [0.5, 0.6) is 0 Å². The second-order valence-corrected chi connectivity index (χ2v) is 28.3. The topological polar surface area (TPSA) is 15.3 Å². The van der Waals surface area contributed by atoms with Crippen LogP contribution in [0.4, 0.5) is 34.1 Å². The fourth-order valence-corrected chi connectivity index (χ4v) is 14.0. The fraction of sp³-hybridized carbons (Fsp3) is 0.195. The Morgan fingerprint density at radius 2 is 0.605 bits per heavy atom. The first kappa shape index (κ1) is 53.4. The van der Waals surface area contributed by atoms with E-state index < -0.39 is 0 Å². The summed E-state index contributed by atoms with van der Waals surface area (Å²) in [5, 5.41) is 9.94. The third-order valence-corrected chi connectivity index (χ3v) is 18.6. The van der Waals surface area contributed by atoms with Gasteiger partial charge in [-0.05, 0) is 140 Å². The van der Waals surface area contributed by atoms with Crippen LogP contribution in [0.25, 0.3) is 98.4 Å². The molecule has 4 aromatic heterocycles. The van der Waals surface area contributed by atoms with Gasteiger partial charge in [0, 0.05) is 65.6 Å². The van der Waals surface area contributed by atoms with E-state index in [1.54, 1.807) is 0 Å². The fourth-order valence-electron chi connectivity index (χ4n) is 14.0. The lowest BCUT2D eigenvalue weighted by Crippen LogP contribution is -2.16. The van der Waals surface area contributed by atoms with E-state index in [0.717, 1.165) is 34.1 Å². The summed E-state index contributed by atoms with van der Waals surface area (Å²) in [7, 11) is 0. The Hall–Kier alpha value is -9.38. The van der Waals surface area contributed by atoms with Crippen LogP contribution in [0.3, 0.4) is 0 Å². The molecule has 0 atom stereocenters. The summed E-state index contributed by atoms with van der Waals surface area (Å²) in [6.45, 7) is 27.8. The second-order valence-electron chi connectivity index (χ2n) is 28.3. The van der Waals surface area contributed by atoms with Crippen molar-refractivity contribution in [1.29, 1.82) is 0 Å². The number of hydrogen-bond acceptors (Lipinski definition) is 2. The zero-order chi connectivity index (χ0) is 59.3. The van der Waals surface area contributed by atoms with Gasteiger partial charge < -0.3 is 18.6 Å². The Bertz CT molecular complexity index is 4820. The Morgan fingerprint density at radius 1 is 0.256 bits per heavy atom. The first-order valence-corrected chi connectivity index (χ1v) is 30.8. The summed E-state index contributed by atoms with van der Waals surface area (Å²) >= 11 is 0. The average molecular weight is 1120 g/mol. The Morgan fingerprint density at radius 3 is 0.988 bits per heavy atom. The van der Waals surface area contributed by atoms with Gasteiger partial charge in [-0.1, -0.05) is 229 Å². The number of para-hydroxylation sites is 2. The van der Waals surface area contributed by atoms with Crippen LogP contribution >= 0.6 is 0 Å². The lowest BCUT2D eigenvalue weighted by atomic mass is 9.84. The minimum absolute atomic E-state index is 0.0434. The predicted molar refractivity (Wildman–Crippen MR) is 371 cm³/mol. The molecule has 4 nitrogen and oxygen atoms in total. The third-order valence-electron chi connectivity index (χ3n) is 18.6. The first-order chi connectivity index (χ1) is 41.2. The number of benzene rings is 11. The minimum Gasteiger partial charge on any atom is -0.309 e. The molecule has 0 saturated carbocycles. The minimum atomic E-state index is -0.0568. The molecule has 422 valence electrons. The van der Waals surface area contributed by atoms with E-state index in [1.165, 1.54) is 121 Å². The van der Waals surface area contributed by atoms with Crippen molar-refractivity contribution in [3.63, 3.8) is 0 Å². The summed E-state index contributed by atoms with van der Waals surface area (Å²) in [4.78, 5) is 5.12. The van der Waals surface area contributed by atoms with E-state index in [0.29, 0.717) is 0 Å². The summed E-state index contributed by atoms with van der Waals surface area (Å²) in [6, 6.07) is 87.7. The number of anilines is 6. The molecule has 0 spiro atoms. The van der Waals surface area contributed by atoms with Gasteiger partial charge in [-0.15, -0.1) is 0 Å². The van der Waals surface area contributed by atoms with Crippen LogP contribution in [-0.2, 0) is 21.7 Å². The molecule has 86 heavy (non-hydrogen) atoms. The number of aromatic nitrogens is 2. The van der Waals surface area contributed by atoms with Gasteiger partial charge in [0.2, 0.25) is 0 Å². The summed E-state index contributed by atoms with van der Waals surface area (Å²) in [6.07, 6.45) is 0. The summed E-state index contributed by atoms with van der Waals surface area (Å²) in [5.41, 5.74) is 24.0. The van der Waals surface area contributed by atoms with E-state index in [1.807, 2.05) is 0 Å². The van der Waals surface area contributed by atoms with Crippen LogP contribution in [0.15, 0.2) is 231 Å². The summed E-state index contributed by atoms with van der Waals surface area (Å²) < 4.78 is 5.16. The highest BCUT2D eigenvalue weighted by Gasteiger charge is 2.31.